The number of rotatable bonds is 35. The summed E-state index contributed by atoms with van der Waals surface area (Å²) in [5.74, 6) is 0. The molecule has 1 amide bonds. The first-order valence-corrected chi connectivity index (χ1v) is 20.4. The molecule has 3 atom stereocenters. The topological polar surface area (TPSA) is 120 Å². The van der Waals surface area contributed by atoms with Crippen molar-refractivity contribution in [2.24, 2.45) is 5.73 Å². The predicted octanol–water partition coefficient (Wildman–Crippen LogP) is 9.79. The van der Waals surface area contributed by atoms with Gasteiger partial charge >= 0.3 is 6.09 Å². The van der Waals surface area contributed by atoms with Gasteiger partial charge in [-0.25, -0.2) is 4.79 Å². The van der Waals surface area contributed by atoms with Crippen LogP contribution >= 0.6 is 7.82 Å². The average Bonchev–Trinajstić information content (AvgIpc) is 2.98. The lowest BCUT2D eigenvalue weighted by Gasteiger charge is -2.31. The molecule has 0 bridgehead atoms. The Morgan fingerprint density at radius 2 is 1.07 bits per heavy atom. The summed E-state index contributed by atoms with van der Waals surface area (Å²) in [4.78, 5) is 23.9. The second-order valence-electron chi connectivity index (χ2n) is 14.3. The van der Waals surface area contributed by atoms with Gasteiger partial charge in [-0.3, -0.25) is 9.09 Å². The molecule has 0 fully saturated rings. The van der Waals surface area contributed by atoms with Crippen molar-refractivity contribution in [2.75, 3.05) is 41.4 Å². The Morgan fingerprint density at radius 1 is 0.674 bits per heavy atom. The van der Waals surface area contributed by atoms with Crippen LogP contribution in [0.5, 0.6) is 0 Å². The number of ether oxygens (including phenoxy) is 2. The fourth-order valence-electron chi connectivity index (χ4n) is 5.80. The van der Waals surface area contributed by atoms with Gasteiger partial charge < -0.3 is 29.1 Å². The maximum Gasteiger partial charge on any atom is 0.406 e. The molecule has 0 aliphatic rings. The summed E-state index contributed by atoms with van der Waals surface area (Å²) >= 11 is 0. The van der Waals surface area contributed by atoms with Gasteiger partial charge in [-0.2, -0.15) is 0 Å². The SMILES string of the molecule is CCCCCCCCCCCCCCCCCCCC(OC)C(OC(N)=O)OP(=O)([O-])OCCCCCCCCCC[N+](C)(C)C. The van der Waals surface area contributed by atoms with E-state index in [1.807, 2.05) is 0 Å². The quantitative estimate of drug-likeness (QED) is 0.0307. The van der Waals surface area contributed by atoms with Gasteiger partial charge in [0.2, 0.25) is 6.29 Å². The number of primary amides is 1. The first kappa shape index (κ1) is 45.3. The fraction of sp³-hybridized carbons (Fsp3) is 0.972. The van der Waals surface area contributed by atoms with E-state index in [0.717, 1.165) is 43.0 Å². The Hall–Kier alpha value is -0.700. The van der Waals surface area contributed by atoms with Crippen LogP contribution in [0.4, 0.5) is 4.79 Å². The first-order valence-electron chi connectivity index (χ1n) is 18.9. The Labute approximate surface area is 284 Å². The summed E-state index contributed by atoms with van der Waals surface area (Å²) in [6.07, 6.45) is 27.5. The third kappa shape index (κ3) is 31.9. The smallest absolute Gasteiger partial charge is 0.406 e. The van der Waals surface area contributed by atoms with Crippen molar-refractivity contribution in [2.45, 2.75) is 186 Å². The molecule has 10 heteroatoms. The molecular weight excluding hydrogens is 603 g/mol. The van der Waals surface area contributed by atoms with Crippen LogP contribution in [0.15, 0.2) is 0 Å². The Balaban J connectivity index is 4.01. The fourth-order valence-corrected chi connectivity index (χ4v) is 6.64. The molecular formula is C36H75N2O7P. The van der Waals surface area contributed by atoms with Gasteiger partial charge in [0.05, 0.1) is 34.3 Å². The molecule has 0 aromatic rings. The minimum absolute atomic E-state index is 0.0322. The van der Waals surface area contributed by atoms with Crippen molar-refractivity contribution in [1.29, 1.82) is 0 Å². The molecule has 276 valence electrons. The van der Waals surface area contributed by atoms with Gasteiger partial charge in [0.15, 0.2) is 0 Å². The number of unbranched alkanes of at least 4 members (excludes halogenated alkanes) is 23. The monoisotopic (exact) mass is 679 g/mol. The second kappa shape index (κ2) is 30.4. The number of hydrogen-bond acceptors (Lipinski definition) is 7. The summed E-state index contributed by atoms with van der Waals surface area (Å²) in [5, 5.41) is 0. The number of quaternary nitrogens is 1. The van der Waals surface area contributed by atoms with Crippen LogP contribution in [-0.4, -0.2) is 64.4 Å². The summed E-state index contributed by atoms with van der Waals surface area (Å²) in [6, 6.07) is 0. The highest BCUT2D eigenvalue weighted by atomic mass is 31.2. The van der Waals surface area contributed by atoms with Crippen LogP contribution in [0, 0.1) is 0 Å². The standard InChI is InChI=1S/C36H75N2O7P/c1-6-7-8-9-10-11-12-13-14-15-16-17-18-19-22-25-28-31-34(42-5)35(44-36(37)39)45-46(40,41)43-33-30-27-24-21-20-23-26-29-32-38(2,3)4/h34-35H,6-33H2,1-5H3,(H2-,37,39,40,41). The highest BCUT2D eigenvalue weighted by Gasteiger charge is 2.30. The van der Waals surface area contributed by atoms with Gasteiger partial charge in [-0.1, -0.05) is 148 Å². The van der Waals surface area contributed by atoms with E-state index in [9.17, 15) is 14.3 Å². The molecule has 0 heterocycles. The van der Waals surface area contributed by atoms with Crippen LogP contribution in [0.3, 0.4) is 0 Å². The molecule has 0 saturated carbocycles. The molecule has 0 aromatic carbocycles. The third-order valence-electron chi connectivity index (χ3n) is 8.64. The number of methoxy groups -OCH3 is 1. The molecule has 0 saturated heterocycles. The maximum absolute atomic E-state index is 12.5. The lowest BCUT2D eigenvalue weighted by atomic mass is 10.0. The first-order chi connectivity index (χ1) is 22.0. The Morgan fingerprint density at radius 3 is 1.46 bits per heavy atom. The Kier molecular flexibility index (Phi) is 29.9. The second-order valence-corrected chi connectivity index (χ2v) is 15.6. The van der Waals surface area contributed by atoms with Gasteiger partial charge in [0, 0.05) is 7.11 Å². The summed E-state index contributed by atoms with van der Waals surface area (Å²) in [6.45, 7) is 3.50. The van der Waals surface area contributed by atoms with Gasteiger partial charge in [-0.05, 0) is 25.7 Å². The van der Waals surface area contributed by atoms with Crippen LogP contribution in [0.25, 0.3) is 0 Å². The summed E-state index contributed by atoms with van der Waals surface area (Å²) in [5.41, 5.74) is 5.19. The van der Waals surface area contributed by atoms with Crippen molar-refractivity contribution in [3.8, 4) is 0 Å². The molecule has 2 N–H and O–H groups in total. The molecule has 3 unspecified atom stereocenters. The number of carbonyl (C=O) groups excluding carboxylic acids is 1. The zero-order chi connectivity index (χ0) is 34.4. The summed E-state index contributed by atoms with van der Waals surface area (Å²) < 4.78 is 34.1. The van der Waals surface area contributed by atoms with Crippen LogP contribution in [0.2, 0.25) is 0 Å². The Bertz CT molecular complexity index is 736. The molecule has 0 radical (unpaired) electrons. The van der Waals surface area contributed by atoms with E-state index in [1.54, 1.807) is 0 Å². The molecule has 0 aliphatic carbocycles. The maximum atomic E-state index is 12.5. The number of phosphoric acid groups is 1. The number of nitrogens with zero attached hydrogens (tertiary/aromatic N) is 1. The van der Waals surface area contributed by atoms with E-state index in [2.05, 4.69) is 28.1 Å². The van der Waals surface area contributed by atoms with Crippen molar-refractivity contribution >= 4 is 13.9 Å². The van der Waals surface area contributed by atoms with E-state index in [0.29, 0.717) is 12.8 Å². The molecule has 0 aliphatic heterocycles. The average molecular weight is 679 g/mol. The number of amides is 1. The minimum atomic E-state index is -4.70. The van der Waals surface area contributed by atoms with Crippen molar-refractivity contribution in [3.05, 3.63) is 0 Å². The zero-order valence-corrected chi connectivity index (χ0v) is 31.7. The lowest BCUT2D eigenvalue weighted by molar-refractivity contribution is -0.870. The molecule has 46 heavy (non-hydrogen) atoms. The number of carbonyl (C=O) groups is 1. The molecule has 0 spiro atoms. The van der Waals surface area contributed by atoms with Crippen molar-refractivity contribution in [3.63, 3.8) is 0 Å². The van der Waals surface area contributed by atoms with E-state index in [1.165, 1.54) is 129 Å². The van der Waals surface area contributed by atoms with E-state index in [4.69, 9.17) is 24.3 Å². The minimum Gasteiger partial charge on any atom is -0.756 e. The lowest BCUT2D eigenvalue weighted by Crippen LogP contribution is -2.37. The van der Waals surface area contributed by atoms with Gasteiger partial charge in [0.1, 0.15) is 6.10 Å². The molecule has 0 rings (SSSR count). The predicted molar refractivity (Wildman–Crippen MR) is 189 cm³/mol. The normalized spacial score (nSPS) is 14.7. The van der Waals surface area contributed by atoms with Crippen molar-refractivity contribution in [1.82, 2.24) is 0 Å². The number of nitrogens with two attached hydrogens (primary N) is 1. The van der Waals surface area contributed by atoms with Crippen LogP contribution in [0.1, 0.15) is 174 Å². The number of phosphoric ester groups is 1. The van der Waals surface area contributed by atoms with Crippen molar-refractivity contribution < 1.29 is 37.3 Å². The highest BCUT2D eigenvalue weighted by Crippen LogP contribution is 2.41. The third-order valence-corrected chi connectivity index (χ3v) is 9.60. The summed E-state index contributed by atoms with van der Waals surface area (Å²) in [7, 11) is 3.40. The van der Waals surface area contributed by atoms with Gasteiger partial charge in [0.25, 0.3) is 7.82 Å². The highest BCUT2D eigenvalue weighted by molar-refractivity contribution is 7.45. The van der Waals surface area contributed by atoms with E-state index in [-0.39, 0.29) is 6.61 Å². The van der Waals surface area contributed by atoms with E-state index < -0.39 is 26.3 Å². The van der Waals surface area contributed by atoms with Crippen LogP contribution in [-0.2, 0) is 23.1 Å². The number of hydrogen-bond donors (Lipinski definition) is 1. The van der Waals surface area contributed by atoms with E-state index >= 15 is 0 Å². The molecule has 9 nitrogen and oxygen atoms in total. The zero-order valence-electron chi connectivity index (χ0n) is 30.8. The molecule has 0 aromatic heterocycles. The van der Waals surface area contributed by atoms with Gasteiger partial charge in [-0.15, -0.1) is 0 Å². The largest absolute Gasteiger partial charge is 0.756 e. The van der Waals surface area contributed by atoms with Crippen LogP contribution < -0.4 is 10.6 Å².